The summed E-state index contributed by atoms with van der Waals surface area (Å²) in [7, 11) is -2.22. The van der Waals surface area contributed by atoms with Crippen LogP contribution < -0.4 is 5.73 Å². The zero-order chi connectivity index (χ0) is 16.4. The summed E-state index contributed by atoms with van der Waals surface area (Å²) in [6.45, 7) is 5.88. The summed E-state index contributed by atoms with van der Waals surface area (Å²) >= 11 is 0. The average Bonchev–Trinajstić information content (AvgIpc) is 2.37. The monoisotopic (exact) mass is 315 g/mol. The Morgan fingerprint density at radius 2 is 1.95 bits per heavy atom. The highest BCUT2D eigenvalue weighted by Gasteiger charge is 2.28. The Morgan fingerprint density at radius 3 is 2.38 bits per heavy atom. The first-order valence-electron chi connectivity index (χ1n) is 6.43. The van der Waals surface area contributed by atoms with Gasteiger partial charge in [-0.15, -0.1) is 0 Å². The molecule has 0 aliphatic heterocycles. The van der Waals surface area contributed by atoms with Gasteiger partial charge in [-0.25, -0.2) is 12.7 Å². The van der Waals surface area contributed by atoms with E-state index in [1.807, 2.05) is 13.8 Å². The number of nitrogens with two attached hydrogens (primary N) is 1. The van der Waals surface area contributed by atoms with Gasteiger partial charge in [-0.2, -0.15) is 0 Å². The van der Waals surface area contributed by atoms with Gasteiger partial charge in [-0.1, -0.05) is 13.8 Å². The Bertz CT molecular complexity index is 641. The summed E-state index contributed by atoms with van der Waals surface area (Å²) in [5.41, 5.74) is 5.48. The molecule has 8 heteroatoms. The minimum Gasteiger partial charge on any atom is -0.330 e. The van der Waals surface area contributed by atoms with Crippen LogP contribution in [0.5, 0.6) is 0 Å². The first-order chi connectivity index (χ1) is 9.51. The lowest BCUT2D eigenvalue weighted by atomic mass is 9.94. The number of hydrogen-bond acceptors (Lipinski definition) is 5. The first-order valence-corrected chi connectivity index (χ1v) is 7.87. The third-order valence-corrected chi connectivity index (χ3v) is 5.08. The van der Waals surface area contributed by atoms with Crippen molar-refractivity contribution in [3.05, 3.63) is 33.9 Å². The number of nitrogens with zero attached hydrogens (tertiary/aromatic N) is 2. The first kappa shape index (κ1) is 17.5. The summed E-state index contributed by atoms with van der Waals surface area (Å²) in [5.74, 6) is 0. The molecule has 2 N–H and O–H groups in total. The number of hydrogen-bond donors (Lipinski definition) is 1. The second kappa shape index (κ2) is 6.08. The lowest BCUT2D eigenvalue weighted by Gasteiger charge is -2.28. The number of nitro groups is 1. The summed E-state index contributed by atoms with van der Waals surface area (Å²) < 4.78 is 26.2. The Hall–Kier alpha value is -1.51. The zero-order valence-corrected chi connectivity index (χ0v) is 13.5. The van der Waals surface area contributed by atoms with E-state index in [0.717, 1.165) is 0 Å². The third-order valence-electron chi connectivity index (χ3n) is 3.28. The van der Waals surface area contributed by atoms with E-state index in [1.54, 1.807) is 0 Å². The van der Waals surface area contributed by atoms with Crippen LogP contribution in [0.15, 0.2) is 23.1 Å². The maximum atomic E-state index is 12.5. The van der Waals surface area contributed by atoms with Crippen LogP contribution in [0.2, 0.25) is 0 Å². The van der Waals surface area contributed by atoms with Crippen molar-refractivity contribution >= 4 is 15.7 Å². The van der Waals surface area contributed by atoms with Gasteiger partial charge >= 0.3 is 0 Å². The van der Waals surface area contributed by atoms with Gasteiger partial charge in [0.05, 0.1) is 9.82 Å². The van der Waals surface area contributed by atoms with E-state index in [2.05, 4.69) is 0 Å². The van der Waals surface area contributed by atoms with E-state index in [1.165, 1.54) is 36.5 Å². The summed E-state index contributed by atoms with van der Waals surface area (Å²) in [5, 5.41) is 10.8. The van der Waals surface area contributed by atoms with Crippen molar-refractivity contribution in [2.45, 2.75) is 25.7 Å². The van der Waals surface area contributed by atoms with E-state index in [9.17, 15) is 18.5 Å². The Labute approximate surface area is 124 Å². The van der Waals surface area contributed by atoms with Gasteiger partial charge in [-0.3, -0.25) is 10.1 Å². The SMILES string of the molecule is Cc1cc(S(=O)(=O)N(C)CC(C)(C)CN)ccc1[N+](=O)[O-]. The van der Waals surface area contributed by atoms with E-state index >= 15 is 0 Å². The molecular weight excluding hydrogens is 294 g/mol. The Balaban J connectivity index is 3.14. The van der Waals surface area contributed by atoms with Crippen LogP contribution in [0, 0.1) is 22.5 Å². The molecule has 0 atom stereocenters. The molecule has 0 saturated carbocycles. The van der Waals surface area contributed by atoms with Gasteiger partial charge in [0.25, 0.3) is 5.69 Å². The summed E-state index contributed by atoms with van der Waals surface area (Å²) in [6, 6.07) is 3.79. The van der Waals surface area contributed by atoms with Crippen LogP contribution >= 0.6 is 0 Å². The van der Waals surface area contributed by atoms with Crippen LogP contribution in [-0.4, -0.2) is 37.8 Å². The van der Waals surface area contributed by atoms with Gasteiger partial charge in [0, 0.05) is 25.2 Å². The largest absolute Gasteiger partial charge is 0.330 e. The Morgan fingerprint density at radius 1 is 1.38 bits per heavy atom. The number of sulfonamides is 1. The summed E-state index contributed by atoms with van der Waals surface area (Å²) in [6.07, 6.45) is 0. The van der Waals surface area contributed by atoms with Crippen LogP contribution in [0.3, 0.4) is 0 Å². The molecule has 0 spiro atoms. The van der Waals surface area contributed by atoms with Gasteiger partial charge in [-0.05, 0) is 31.0 Å². The van der Waals surface area contributed by atoms with Gasteiger partial charge < -0.3 is 5.73 Å². The third kappa shape index (κ3) is 3.99. The van der Waals surface area contributed by atoms with E-state index in [4.69, 9.17) is 5.73 Å². The maximum Gasteiger partial charge on any atom is 0.272 e. The molecule has 0 amide bonds. The molecule has 0 radical (unpaired) electrons. The second-order valence-electron chi connectivity index (χ2n) is 5.83. The molecule has 0 aliphatic carbocycles. The van der Waals surface area contributed by atoms with Gasteiger partial charge in [0.1, 0.15) is 0 Å². The topological polar surface area (TPSA) is 107 Å². The quantitative estimate of drug-likeness (QED) is 0.632. The predicted molar refractivity (Wildman–Crippen MR) is 80.5 cm³/mol. The lowest BCUT2D eigenvalue weighted by molar-refractivity contribution is -0.385. The molecule has 1 aromatic rings. The van der Waals surface area contributed by atoms with Crippen molar-refractivity contribution in [3.8, 4) is 0 Å². The molecule has 0 aromatic heterocycles. The second-order valence-corrected chi connectivity index (χ2v) is 7.88. The molecular formula is C13H21N3O4S. The molecule has 0 heterocycles. The normalized spacial score (nSPS) is 12.7. The summed E-state index contributed by atoms with van der Waals surface area (Å²) in [4.78, 5) is 10.3. The van der Waals surface area contributed by atoms with Crippen LogP contribution in [0.1, 0.15) is 19.4 Å². The number of aryl methyl sites for hydroxylation is 1. The smallest absolute Gasteiger partial charge is 0.272 e. The fourth-order valence-corrected chi connectivity index (χ4v) is 3.37. The fraction of sp³-hybridized carbons (Fsp3) is 0.538. The fourth-order valence-electron chi connectivity index (χ4n) is 1.93. The van der Waals surface area contributed by atoms with Crippen LogP contribution in [-0.2, 0) is 10.0 Å². The highest BCUT2D eigenvalue weighted by atomic mass is 32.2. The molecule has 1 aromatic carbocycles. The molecule has 1 rings (SSSR count). The molecule has 118 valence electrons. The van der Waals surface area contributed by atoms with Gasteiger partial charge in [0.2, 0.25) is 10.0 Å². The highest BCUT2D eigenvalue weighted by Crippen LogP contribution is 2.25. The van der Waals surface area contributed by atoms with Crippen molar-refractivity contribution in [3.63, 3.8) is 0 Å². The van der Waals surface area contributed by atoms with Gasteiger partial charge in [0.15, 0.2) is 0 Å². The van der Waals surface area contributed by atoms with Crippen molar-refractivity contribution in [1.29, 1.82) is 0 Å². The molecule has 21 heavy (non-hydrogen) atoms. The number of benzene rings is 1. The molecule has 0 unspecified atom stereocenters. The predicted octanol–water partition coefficient (Wildman–Crippen LogP) is 1.51. The van der Waals surface area contributed by atoms with Crippen LogP contribution in [0.4, 0.5) is 5.69 Å². The minimum atomic E-state index is -3.69. The van der Waals surface area contributed by atoms with E-state index in [-0.39, 0.29) is 22.5 Å². The molecule has 7 nitrogen and oxygen atoms in total. The molecule has 0 saturated heterocycles. The highest BCUT2D eigenvalue weighted by molar-refractivity contribution is 7.89. The standard InChI is InChI=1S/C13H21N3O4S/c1-10-7-11(5-6-12(10)16(17)18)21(19,20)15(4)9-13(2,3)8-14/h5-7H,8-9,14H2,1-4H3. The van der Waals surface area contributed by atoms with Crippen molar-refractivity contribution in [1.82, 2.24) is 4.31 Å². The molecule has 0 aliphatic rings. The average molecular weight is 315 g/mol. The van der Waals surface area contributed by atoms with Crippen molar-refractivity contribution < 1.29 is 13.3 Å². The zero-order valence-electron chi connectivity index (χ0n) is 12.7. The van der Waals surface area contributed by atoms with E-state index < -0.39 is 14.9 Å². The maximum absolute atomic E-state index is 12.5. The molecule has 0 bridgehead atoms. The van der Waals surface area contributed by atoms with Crippen molar-refractivity contribution in [2.24, 2.45) is 11.1 Å². The molecule has 0 fully saturated rings. The lowest BCUT2D eigenvalue weighted by Crippen LogP contribution is -2.39. The Kier molecular flexibility index (Phi) is 5.08. The van der Waals surface area contributed by atoms with E-state index in [0.29, 0.717) is 12.1 Å². The number of nitro benzene ring substituents is 1. The number of rotatable bonds is 6. The van der Waals surface area contributed by atoms with Crippen molar-refractivity contribution in [2.75, 3.05) is 20.1 Å². The minimum absolute atomic E-state index is 0.0425. The van der Waals surface area contributed by atoms with Crippen LogP contribution in [0.25, 0.3) is 0 Å².